The van der Waals surface area contributed by atoms with Gasteiger partial charge in [-0.2, -0.15) is 0 Å². The van der Waals surface area contributed by atoms with Crippen molar-refractivity contribution in [1.82, 2.24) is 14.4 Å². The zero-order valence-corrected chi connectivity index (χ0v) is 9.04. The van der Waals surface area contributed by atoms with Crippen LogP contribution in [0.1, 0.15) is 0 Å². The highest BCUT2D eigenvalue weighted by Gasteiger charge is 2.08. The fraction of sp³-hybridized carbons (Fsp3) is 0.333. The summed E-state index contributed by atoms with van der Waals surface area (Å²) in [5.41, 5.74) is 3.06. The molecular weight excluding hydrogens is 224 g/mol. The molecule has 92 valence electrons. The van der Waals surface area contributed by atoms with Gasteiger partial charge in [-0.05, 0) is 0 Å². The average Bonchev–Trinajstić information content (AvgIpc) is 2.83. The van der Waals surface area contributed by atoms with Crippen LogP contribution >= 0.6 is 0 Å². The van der Waals surface area contributed by atoms with Gasteiger partial charge in [0, 0.05) is 18.9 Å². The van der Waals surface area contributed by atoms with Crippen LogP contribution < -0.4 is 16.6 Å². The van der Waals surface area contributed by atoms with E-state index in [9.17, 15) is 5.11 Å². The van der Waals surface area contributed by atoms with E-state index in [0.717, 1.165) is 0 Å². The number of hydrogen-bond acceptors (Lipinski definition) is 7. The van der Waals surface area contributed by atoms with Crippen LogP contribution in [0.15, 0.2) is 18.6 Å². The number of aromatic nitrogens is 3. The van der Waals surface area contributed by atoms with Crippen molar-refractivity contribution in [2.24, 2.45) is 5.84 Å². The third-order valence-electron chi connectivity index (χ3n) is 2.24. The second-order valence-corrected chi connectivity index (χ2v) is 3.49. The monoisotopic (exact) mass is 238 g/mol. The topological polar surface area (TPSA) is 121 Å². The van der Waals surface area contributed by atoms with Crippen molar-refractivity contribution in [2.45, 2.75) is 6.10 Å². The lowest BCUT2D eigenvalue weighted by molar-refractivity contribution is 0.105. The normalized spacial score (nSPS) is 12.6. The Labute approximate surface area is 97.1 Å². The first-order chi connectivity index (χ1) is 8.24. The fourth-order valence-electron chi connectivity index (χ4n) is 1.40. The summed E-state index contributed by atoms with van der Waals surface area (Å²) in [6.07, 6.45) is 4.23. The summed E-state index contributed by atoms with van der Waals surface area (Å²) in [7, 11) is 0. The van der Waals surface area contributed by atoms with Crippen LogP contribution in [-0.4, -0.2) is 43.8 Å². The van der Waals surface area contributed by atoms with Crippen molar-refractivity contribution in [1.29, 1.82) is 0 Å². The van der Waals surface area contributed by atoms with Crippen LogP contribution in [0.3, 0.4) is 0 Å². The largest absolute Gasteiger partial charge is 0.394 e. The second-order valence-electron chi connectivity index (χ2n) is 3.49. The summed E-state index contributed by atoms with van der Waals surface area (Å²) in [5, 5.41) is 20.9. The van der Waals surface area contributed by atoms with Gasteiger partial charge in [-0.15, -0.1) is 0 Å². The van der Waals surface area contributed by atoms with E-state index in [-0.39, 0.29) is 13.2 Å². The van der Waals surface area contributed by atoms with Gasteiger partial charge in [-0.3, -0.25) is 0 Å². The molecule has 2 aromatic heterocycles. The average molecular weight is 238 g/mol. The Balaban J connectivity index is 2.27. The number of aliphatic hydroxyl groups is 2. The molecule has 6 N–H and O–H groups in total. The number of nitrogen functional groups attached to an aromatic ring is 1. The molecule has 0 spiro atoms. The highest BCUT2D eigenvalue weighted by atomic mass is 16.3. The molecule has 0 aliphatic carbocycles. The maximum Gasteiger partial charge on any atom is 0.180 e. The van der Waals surface area contributed by atoms with Crippen molar-refractivity contribution < 1.29 is 10.2 Å². The lowest BCUT2D eigenvalue weighted by atomic mass is 10.4. The van der Waals surface area contributed by atoms with Crippen LogP contribution in [0.2, 0.25) is 0 Å². The number of hydrogen-bond donors (Lipinski definition) is 5. The number of nitrogens with one attached hydrogen (secondary N) is 2. The van der Waals surface area contributed by atoms with Crippen molar-refractivity contribution in [3.05, 3.63) is 18.6 Å². The van der Waals surface area contributed by atoms with Gasteiger partial charge in [0.25, 0.3) is 0 Å². The minimum absolute atomic E-state index is 0.181. The Bertz CT molecular complexity index is 499. The molecule has 0 saturated heterocycles. The lowest BCUT2D eigenvalue weighted by Crippen LogP contribution is -2.24. The van der Waals surface area contributed by atoms with Gasteiger partial charge in [-0.1, -0.05) is 0 Å². The Morgan fingerprint density at radius 3 is 3.06 bits per heavy atom. The highest BCUT2D eigenvalue weighted by Crippen LogP contribution is 2.15. The fourth-order valence-corrected chi connectivity index (χ4v) is 1.40. The molecule has 0 fully saturated rings. The number of imidazole rings is 1. The van der Waals surface area contributed by atoms with Crippen LogP contribution in [0, 0.1) is 0 Å². The maximum atomic E-state index is 9.26. The second kappa shape index (κ2) is 4.95. The van der Waals surface area contributed by atoms with E-state index in [1.807, 2.05) is 0 Å². The number of fused-ring (bicyclic) bond motifs is 1. The maximum absolute atomic E-state index is 9.26. The summed E-state index contributed by atoms with van der Waals surface area (Å²) < 4.78 is 1.75. The quantitative estimate of drug-likeness (QED) is 0.327. The first-order valence-electron chi connectivity index (χ1n) is 5.07. The molecule has 0 aliphatic heterocycles. The predicted octanol–water partition coefficient (Wildman–Crippen LogP) is -1.22. The predicted molar refractivity (Wildman–Crippen MR) is 62.4 cm³/mol. The molecule has 0 aliphatic rings. The summed E-state index contributed by atoms with van der Waals surface area (Å²) in [5.74, 6) is 6.25. The number of rotatable bonds is 5. The minimum atomic E-state index is -0.846. The summed E-state index contributed by atoms with van der Waals surface area (Å²) in [6, 6.07) is 0. The number of hydrazine groups is 1. The molecule has 8 nitrogen and oxygen atoms in total. The molecule has 0 radical (unpaired) electrons. The van der Waals surface area contributed by atoms with Crippen molar-refractivity contribution in [2.75, 3.05) is 23.9 Å². The SMILES string of the molecule is NNc1cn2ccnc2c(NCC(O)CO)n1. The third-order valence-corrected chi connectivity index (χ3v) is 2.24. The molecule has 1 atom stereocenters. The molecule has 1 unspecified atom stereocenters. The third kappa shape index (κ3) is 2.44. The number of aliphatic hydroxyl groups excluding tert-OH is 2. The van der Waals surface area contributed by atoms with Crippen LogP contribution in [-0.2, 0) is 0 Å². The van der Waals surface area contributed by atoms with E-state index in [1.165, 1.54) is 0 Å². The smallest absolute Gasteiger partial charge is 0.180 e. The van der Waals surface area contributed by atoms with E-state index in [2.05, 4.69) is 20.7 Å². The van der Waals surface area contributed by atoms with E-state index in [4.69, 9.17) is 10.9 Å². The Hall–Kier alpha value is -1.90. The molecule has 0 aromatic carbocycles. The zero-order chi connectivity index (χ0) is 12.3. The van der Waals surface area contributed by atoms with E-state index < -0.39 is 6.10 Å². The molecule has 2 heterocycles. The van der Waals surface area contributed by atoms with Gasteiger partial charge >= 0.3 is 0 Å². The van der Waals surface area contributed by atoms with Gasteiger partial charge in [0.2, 0.25) is 0 Å². The Kier molecular flexibility index (Phi) is 3.38. The highest BCUT2D eigenvalue weighted by molar-refractivity contribution is 5.65. The van der Waals surface area contributed by atoms with E-state index >= 15 is 0 Å². The molecule has 8 heteroatoms. The first-order valence-corrected chi connectivity index (χ1v) is 5.07. The Morgan fingerprint density at radius 1 is 1.53 bits per heavy atom. The number of nitrogens with two attached hydrogens (primary N) is 1. The van der Waals surface area contributed by atoms with E-state index in [1.54, 1.807) is 23.0 Å². The lowest BCUT2D eigenvalue weighted by Gasteiger charge is -2.11. The van der Waals surface area contributed by atoms with Gasteiger partial charge in [0.15, 0.2) is 17.3 Å². The molecule has 0 amide bonds. The van der Waals surface area contributed by atoms with Gasteiger partial charge in [0.1, 0.15) is 0 Å². The van der Waals surface area contributed by atoms with Gasteiger partial charge < -0.3 is 25.4 Å². The zero-order valence-electron chi connectivity index (χ0n) is 9.04. The number of anilines is 2. The molecule has 0 saturated carbocycles. The van der Waals surface area contributed by atoms with Crippen molar-refractivity contribution in [3.8, 4) is 0 Å². The Morgan fingerprint density at radius 2 is 2.35 bits per heavy atom. The van der Waals surface area contributed by atoms with Gasteiger partial charge in [0.05, 0.1) is 18.9 Å². The minimum Gasteiger partial charge on any atom is -0.394 e. The molecule has 2 aromatic rings. The van der Waals surface area contributed by atoms with Gasteiger partial charge in [-0.25, -0.2) is 15.8 Å². The summed E-state index contributed by atoms with van der Waals surface area (Å²) in [6.45, 7) is -0.132. The van der Waals surface area contributed by atoms with Crippen molar-refractivity contribution in [3.63, 3.8) is 0 Å². The van der Waals surface area contributed by atoms with E-state index in [0.29, 0.717) is 17.3 Å². The van der Waals surface area contributed by atoms with Crippen molar-refractivity contribution >= 4 is 17.3 Å². The first kappa shape index (κ1) is 11.6. The molecule has 2 rings (SSSR count). The van der Waals surface area contributed by atoms with Crippen LogP contribution in [0.5, 0.6) is 0 Å². The summed E-state index contributed by atoms with van der Waals surface area (Å²) in [4.78, 5) is 8.30. The standard InChI is InChI=1S/C9H14N6O2/c10-14-7-4-15-2-1-11-9(15)8(13-7)12-3-6(17)5-16/h1-2,4,6,14,16-17H,3,5,10H2,(H,12,13). The van der Waals surface area contributed by atoms with Crippen LogP contribution in [0.4, 0.5) is 11.6 Å². The molecule has 0 bridgehead atoms. The summed E-state index contributed by atoms with van der Waals surface area (Å²) >= 11 is 0. The van der Waals surface area contributed by atoms with Crippen LogP contribution in [0.25, 0.3) is 5.65 Å². The molecular formula is C9H14N6O2. The number of nitrogens with zero attached hydrogens (tertiary/aromatic N) is 3. The molecule has 17 heavy (non-hydrogen) atoms.